The molecule has 1 aliphatic rings. The molecule has 3 rings (SSSR count). The van der Waals surface area contributed by atoms with E-state index >= 15 is 0 Å². The number of carboxylic acids is 1. The largest absolute Gasteiger partial charge is 0.478 e. The van der Waals surface area contributed by atoms with E-state index in [0.29, 0.717) is 0 Å². The summed E-state index contributed by atoms with van der Waals surface area (Å²) in [5.41, 5.74) is 3.91. The van der Waals surface area contributed by atoms with Crippen LogP contribution in [0.3, 0.4) is 0 Å². The molecule has 0 radical (unpaired) electrons. The van der Waals surface area contributed by atoms with Crippen LogP contribution in [-0.2, 0) is 4.79 Å². The standard InChI is InChI=1S/C21H23NO3/c1-14-12-17(21(24)25)10-11-19(14)16-8-5-9-18(13-16)22-20(23)15-6-3-2-4-7-15/h5,8-13,15H,2-4,6-7H2,1H3,(H,22,23)(H,24,25). The molecule has 25 heavy (non-hydrogen) atoms. The van der Waals surface area contributed by atoms with Gasteiger partial charge in [0, 0.05) is 11.6 Å². The summed E-state index contributed by atoms with van der Waals surface area (Å²) in [5, 5.41) is 12.1. The van der Waals surface area contributed by atoms with Crippen LogP contribution in [0.15, 0.2) is 42.5 Å². The number of hydrogen-bond donors (Lipinski definition) is 2. The number of carboxylic acid groups (broad SMARTS) is 1. The number of amides is 1. The second kappa shape index (κ2) is 7.51. The Morgan fingerprint density at radius 1 is 1.04 bits per heavy atom. The molecule has 2 N–H and O–H groups in total. The zero-order valence-corrected chi connectivity index (χ0v) is 14.4. The summed E-state index contributed by atoms with van der Waals surface area (Å²) in [4.78, 5) is 23.5. The van der Waals surface area contributed by atoms with Crippen molar-refractivity contribution in [3.8, 4) is 11.1 Å². The van der Waals surface area contributed by atoms with E-state index in [1.807, 2.05) is 37.3 Å². The molecule has 0 saturated heterocycles. The van der Waals surface area contributed by atoms with Crippen LogP contribution in [-0.4, -0.2) is 17.0 Å². The SMILES string of the molecule is Cc1cc(C(=O)O)ccc1-c1cccc(NC(=O)C2CCCCC2)c1. The second-order valence-electron chi connectivity index (χ2n) is 6.74. The fourth-order valence-electron chi connectivity index (χ4n) is 3.49. The van der Waals surface area contributed by atoms with Crippen LogP contribution in [0.4, 0.5) is 5.69 Å². The van der Waals surface area contributed by atoms with Crippen molar-refractivity contribution < 1.29 is 14.7 Å². The Morgan fingerprint density at radius 2 is 1.80 bits per heavy atom. The smallest absolute Gasteiger partial charge is 0.335 e. The van der Waals surface area contributed by atoms with Crippen LogP contribution in [0, 0.1) is 12.8 Å². The van der Waals surface area contributed by atoms with Crippen LogP contribution in [0.1, 0.15) is 48.0 Å². The Labute approximate surface area is 147 Å². The van der Waals surface area contributed by atoms with E-state index in [-0.39, 0.29) is 17.4 Å². The Bertz CT molecular complexity index is 791. The lowest BCUT2D eigenvalue weighted by molar-refractivity contribution is -0.120. The van der Waals surface area contributed by atoms with E-state index in [1.54, 1.807) is 12.1 Å². The topological polar surface area (TPSA) is 66.4 Å². The first-order valence-corrected chi connectivity index (χ1v) is 8.80. The molecule has 2 aromatic rings. The molecule has 130 valence electrons. The van der Waals surface area contributed by atoms with E-state index in [0.717, 1.165) is 48.1 Å². The number of rotatable bonds is 4. The van der Waals surface area contributed by atoms with E-state index in [1.165, 1.54) is 6.42 Å². The molecule has 0 heterocycles. The van der Waals surface area contributed by atoms with Crippen molar-refractivity contribution in [2.45, 2.75) is 39.0 Å². The first-order valence-electron chi connectivity index (χ1n) is 8.80. The summed E-state index contributed by atoms with van der Waals surface area (Å²) >= 11 is 0. The van der Waals surface area contributed by atoms with Gasteiger partial charge in [-0.15, -0.1) is 0 Å². The van der Waals surface area contributed by atoms with E-state index in [9.17, 15) is 9.59 Å². The van der Waals surface area contributed by atoms with Crippen LogP contribution >= 0.6 is 0 Å². The summed E-state index contributed by atoms with van der Waals surface area (Å²) < 4.78 is 0. The van der Waals surface area contributed by atoms with E-state index in [2.05, 4.69) is 5.32 Å². The molecule has 0 unspecified atom stereocenters. The molecule has 0 aromatic heterocycles. The van der Waals surface area contributed by atoms with Gasteiger partial charge in [0.25, 0.3) is 0 Å². The molecule has 0 aliphatic heterocycles. The minimum atomic E-state index is -0.928. The predicted molar refractivity (Wildman–Crippen MR) is 98.8 cm³/mol. The molecule has 2 aromatic carbocycles. The van der Waals surface area contributed by atoms with Gasteiger partial charge in [-0.2, -0.15) is 0 Å². The normalized spacial score (nSPS) is 14.9. The number of nitrogens with one attached hydrogen (secondary N) is 1. The van der Waals surface area contributed by atoms with Gasteiger partial charge in [-0.1, -0.05) is 37.5 Å². The van der Waals surface area contributed by atoms with Gasteiger partial charge in [0.05, 0.1) is 5.56 Å². The maximum atomic E-state index is 12.4. The maximum absolute atomic E-state index is 12.4. The third-order valence-electron chi connectivity index (χ3n) is 4.89. The van der Waals surface area contributed by atoms with E-state index < -0.39 is 5.97 Å². The molecule has 1 aliphatic carbocycles. The van der Waals surface area contributed by atoms with Crippen molar-refractivity contribution in [1.82, 2.24) is 0 Å². The first-order chi connectivity index (χ1) is 12.0. The highest BCUT2D eigenvalue weighted by Gasteiger charge is 2.21. The monoisotopic (exact) mass is 337 g/mol. The molecule has 0 atom stereocenters. The molecule has 1 saturated carbocycles. The van der Waals surface area contributed by atoms with Crippen molar-refractivity contribution >= 4 is 17.6 Å². The van der Waals surface area contributed by atoms with Crippen molar-refractivity contribution in [2.75, 3.05) is 5.32 Å². The lowest BCUT2D eigenvalue weighted by atomic mass is 9.88. The molecule has 4 nitrogen and oxygen atoms in total. The quantitative estimate of drug-likeness (QED) is 0.835. The average Bonchev–Trinajstić information content (AvgIpc) is 2.62. The average molecular weight is 337 g/mol. The summed E-state index contributed by atoms with van der Waals surface area (Å²) in [7, 11) is 0. The number of hydrogen-bond acceptors (Lipinski definition) is 2. The van der Waals surface area contributed by atoms with Gasteiger partial charge in [0.1, 0.15) is 0 Å². The zero-order valence-electron chi connectivity index (χ0n) is 14.4. The molecular weight excluding hydrogens is 314 g/mol. The molecule has 1 amide bonds. The molecule has 0 spiro atoms. The minimum Gasteiger partial charge on any atom is -0.478 e. The Balaban J connectivity index is 1.79. The number of carbonyl (C=O) groups excluding carboxylic acids is 1. The number of benzene rings is 2. The van der Waals surface area contributed by atoms with Gasteiger partial charge in [0.2, 0.25) is 5.91 Å². The van der Waals surface area contributed by atoms with Crippen LogP contribution < -0.4 is 5.32 Å². The van der Waals surface area contributed by atoms with Crippen LogP contribution in [0.5, 0.6) is 0 Å². The number of anilines is 1. The third kappa shape index (κ3) is 4.08. The Morgan fingerprint density at radius 3 is 2.48 bits per heavy atom. The second-order valence-corrected chi connectivity index (χ2v) is 6.74. The van der Waals surface area contributed by atoms with Gasteiger partial charge in [-0.05, 0) is 60.7 Å². The predicted octanol–water partition coefficient (Wildman–Crippen LogP) is 4.88. The highest BCUT2D eigenvalue weighted by molar-refractivity contribution is 5.93. The first kappa shape index (κ1) is 17.2. The fourth-order valence-corrected chi connectivity index (χ4v) is 3.49. The van der Waals surface area contributed by atoms with Crippen molar-refractivity contribution in [3.63, 3.8) is 0 Å². The Hall–Kier alpha value is -2.62. The Kier molecular flexibility index (Phi) is 5.17. The molecule has 1 fully saturated rings. The van der Waals surface area contributed by atoms with Gasteiger partial charge < -0.3 is 10.4 Å². The van der Waals surface area contributed by atoms with Gasteiger partial charge in [-0.25, -0.2) is 4.79 Å². The van der Waals surface area contributed by atoms with Crippen molar-refractivity contribution in [1.29, 1.82) is 0 Å². The number of carbonyl (C=O) groups is 2. The maximum Gasteiger partial charge on any atom is 0.335 e. The van der Waals surface area contributed by atoms with Crippen LogP contribution in [0.2, 0.25) is 0 Å². The number of aromatic carboxylic acids is 1. The fraction of sp³-hybridized carbons (Fsp3) is 0.333. The van der Waals surface area contributed by atoms with Gasteiger partial charge in [-0.3, -0.25) is 4.79 Å². The van der Waals surface area contributed by atoms with Crippen molar-refractivity contribution in [2.24, 2.45) is 5.92 Å². The summed E-state index contributed by atoms with van der Waals surface area (Å²) in [6.07, 6.45) is 5.44. The van der Waals surface area contributed by atoms with Crippen molar-refractivity contribution in [3.05, 3.63) is 53.6 Å². The highest BCUT2D eigenvalue weighted by atomic mass is 16.4. The molecule has 0 bridgehead atoms. The summed E-state index contributed by atoms with van der Waals surface area (Å²) in [5.74, 6) is -0.702. The molecule has 4 heteroatoms. The van der Waals surface area contributed by atoms with Gasteiger partial charge in [0.15, 0.2) is 0 Å². The zero-order chi connectivity index (χ0) is 17.8. The van der Waals surface area contributed by atoms with Gasteiger partial charge >= 0.3 is 5.97 Å². The highest BCUT2D eigenvalue weighted by Crippen LogP contribution is 2.28. The lowest BCUT2D eigenvalue weighted by Gasteiger charge is -2.21. The lowest BCUT2D eigenvalue weighted by Crippen LogP contribution is -2.24. The van der Waals surface area contributed by atoms with E-state index in [4.69, 9.17) is 5.11 Å². The molecular formula is C21H23NO3. The number of aryl methyl sites for hydroxylation is 1. The third-order valence-corrected chi connectivity index (χ3v) is 4.89. The summed E-state index contributed by atoms with van der Waals surface area (Å²) in [6, 6.07) is 12.8. The van der Waals surface area contributed by atoms with Crippen LogP contribution in [0.25, 0.3) is 11.1 Å². The summed E-state index contributed by atoms with van der Waals surface area (Å²) in [6.45, 7) is 1.90. The minimum absolute atomic E-state index is 0.106.